The van der Waals surface area contributed by atoms with E-state index in [0.717, 1.165) is 46.1 Å². The number of nitrogens with zero attached hydrogens (tertiary/aromatic N) is 3. The Bertz CT molecular complexity index is 872. The first-order valence-corrected chi connectivity index (χ1v) is 8.84. The molecular formula is C18H19FN4S. The van der Waals surface area contributed by atoms with Gasteiger partial charge in [-0.05, 0) is 37.6 Å². The lowest BCUT2D eigenvalue weighted by Gasteiger charge is -2.39. The molecule has 3 heterocycles. The molecule has 0 bridgehead atoms. The molecule has 4 rings (SSSR count). The van der Waals surface area contributed by atoms with Crippen LogP contribution in [0, 0.1) is 5.82 Å². The molecule has 24 heavy (non-hydrogen) atoms. The van der Waals surface area contributed by atoms with Crippen molar-refractivity contribution < 1.29 is 4.39 Å². The monoisotopic (exact) mass is 342 g/mol. The molecule has 6 heteroatoms. The zero-order valence-electron chi connectivity index (χ0n) is 13.7. The molecule has 0 saturated carbocycles. The number of halogens is 1. The van der Waals surface area contributed by atoms with Crippen LogP contribution in [0.3, 0.4) is 0 Å². The zero-order valence-corrected chi connectivity index (χ0v) is 14.5. The van der Waals surface area contributed by atoms with Gasteiger partial charge in [0.05, 0.1) is 10.2 Å². The van der Waals surface area contributed by atoms with E-state index >= 15 is 0 Å². The third-order valence-corrected chi connectivity index (χ3v) is 5.46. The van der Waals surface area contributed by atoms with Gasteiger partial charge in [0, 0.05) is 30.1 Å². The van der Waals surface area contributed by atoms with Gasteiger partial charge in [0.1, 0.15) is 18.0 Å². The largest absolute Gasteiger partial charge is 0.352 e. The third kappa shape index (κ3) is 2.87. The van der Waals surface area contributed by atoms with Crippen molar-refractivity contribution in [1.29, 1.82) is 0 Å². The second-order valence-electron chi connectivity index (χ2n) is 6.76. The number of hydrogen-bond donors (Lipinski definition) is 1. The molecule has 124 valence electrons. The molecule has 1 aromatic carbocycles. The van der Waals surface area contributed by atoms with Gasteiger partial charge < -0.3 is 10.2 Å². The van der Waals surface area contributed by atoms with E-state index in [0.29, 0.717) is 0 Å². The fraction of sp³-hybridized carbons (Fsp3) is 0.333. The standard InChI is InChI=1S/C18H19FN4S/c1-18(2)10-23(8-7-22-18)17-16-14(20-11-21-17)9-15(24-16)12-3-5-13(19)6-4-12/h3-6,9,11,22H,7-8,10H2,1-2H3. The molecule has 1 aliphatic rings. The highest BCUT2D eigenvalue weighted by Gasteiger charge is 2.28. The second kappa shape index (κ2) is 5.79. The van der Waals surface area contributed by atoms with Crippen LogP contribution in [0.1, 0.15) is 13.8 Å². The molecule has 0 atom stereocenters. The Labute approximate surface area is 144 Å². The number of nitrogens with one attached hydrogen (secondary N) is 1. The van der Waals surface area contributed by atoms with Crippen LogP contribution in [-0.4, -0.2) is 35.1 Å². The summed E-state index contributed by atoms with van der Waals surface area (Å²) < 4.78 is 14.2. The highest BCUT2D eigenvalue weighted by molar-refractivity contribution is 7.22. The van der Waals surface area contributed by atoms with Crippen molar-refractivity contribution in [3.05, 3.63) is 42.5 Å². The minimum absolute atomic E-state index is 0.0621. The van der Waals surface area contributed by atoms with Crippen molar-refractivity contribution in [3.63, 3.8) is 0 Å². The van der Waals surface area contributed by atoms with Gasteiger partial charge in [-0.25, -0.2) is 14.4 Å². The van der Waals surface area contributed by atoms with Crippen LogP contribution in [0.25, 0.3) is 20.7 Å². The molecule has 0 unspecified atom stereocenters. The summed E-state index contributed by atoms with van der Waals surface area (Å²) in [5.41, 5.74) is 2.01. The quantitative estimate of drug-likeness (QED) is 0.771. The third-order valence-electron chi connectivity index (χ3n) is 4.29. The molecule has 1 N–H and O–H groups in total. The van der Waals surface area contributed by atoms with E-state index in [-0.39, 0.29) is 11.4 Å². The van der Waals surface area contributed by atoms with E-state index in [4.69, 9.17) is 0 Å². The number of fused-ring (bicyclic) bond motifs is 1. The first kappa shape index (κ1) is 15.5. The van der Waals surface area contributed by atoms with Gasteiger partial charge in [0.2, 0.25) is 0 Å². The van der Waals surface area contributed by atoms with Crippen molar-refractivity contribution in [2.45, 2.75) is 19.4 Å². The van der Waals surface area contributed by atoms with E-state index in [1.165, 1.54) is 12.1 Å². The summed E-state index contributed by atoms with van der Waals surface area (Å²) in [5, 5.41) is 3.53. The van der Waals surface area contributed by atoms with Crippen LogP contribution in [0.15, 0.2) is 36.7 Å². The minimum atomic E-state index is -0.219. The normalized spacial score (nSPS) is 17.4. The van der Waals surface area contributed by atoms with Crippen LogP contribution in [0.4, 0.5) is 10.2 Å². The summed E-state index contributed by atoms with van der Waals surface area (Å²) in [7, 11) is 0. The van der Waals surface area contributed by atoms with E-state index < -0.39 is 0 Å². The Morgan fingerprint density at radius 1 is 1.21 bits per heavy atom. The number of rotatable bonds is 2. The highest BCUT2D eigenvalue weighted by Crippen LogP contribution is 2.37. The molecule has 0 amide bonds. The lowest BCUT2D eigenvalue weighted by atomic mass is 10.0. The summed E-state index contributed by atoms with van der Waals surface area (Å²) in [6.07, 6.45) is 1.63. The average molecular weight is 342 g/mol. The molecule has 0 spiro atoms. The van der Waals surface area contributed by atoms with E-state index in [9.17, 15) is 4.39 Å². The van der Waals surface area contributed by atoms with Crippen LogP contribution in [0.2, 0.25) is 0 Å². The summed E-state index contributed by atoms with van der Waals surface area (Å²) >= 11 is 1.67. The number of thiophene rings is 1. The second-order valence-corrected chi connectivity index (χ2v) is 7.81. The number of hydrogen-bond acceptors (Lipinski definition) is 5. The van der Waals surface area contributed by atoms with Crippen molar-refractivity contribution in [2.75, 3.05) is 24.5 Å². The first-order chi connectivity index (χ1) is 11.5. The Morgan fingerprint density at radius 2 is 2.00 bits per heavy atom. The predicted molar refractivity (Wildman–Crippen MR) is 97.1 cm³/mol. The Kier molecular flexibility index (Phi) is 3.73. The lowest BCUT2D eigenvalue weighted by Crippen LogP contribution is -2.57. The van der Waals surface area contributed by atoms with Gasteiger partial charge in [-0.1, -0.05) is 12.1 Å². The van der Waals surface area contributed by atoms with E-state index in [1.807, 2.05) is 0 Å². The van der Waals surface area contributed by atoms with Gasteiger partial charge >= 0.3 is 0 Å². The molecule has 0 aliphatic carbocycles. The summed E-state index contributed by atoms with van der Waals surface area (Å²) in [6.45, 7) is 7.18. The van der Waals surface area contributed by atoms with Crippen LogP contribution < -0.4 is 10.2 Å². The number of piperazine rings is 1. The van der Waals surface area contributed by atoms with Crippen molar-refractivity contribution in [3.8, 4) is 10.4 Å². The highest BCUT2D eigenvalue weighted by atomic mass is 32.1. The maximum Gasteiger partial charge on any atom is 0.150 e. The van der Waals surface area contributed by atoms with Gasteiger partial charge in [-0.3, -0.25) is 0 Å². The van der Waals surface area contributed by atoms with Crippen molar-refractivity contribution >= 4 is 27.4 Å². The van der Waals surface area contributed by atoms with E-state index in [2.05, 4.69) is 40.1 Å². The number of aromatic nitrogens is 2. The lowest BCUT2D eigenvalue weighted by molar-refractivity contribution is 0.352. The molecule has 1 saturated heterocycles. The fourth-order valence-electron chi connectivity index (χ4n) is 3.15. The van der Waals surface area contributed by atoms with E-state index in [1.54, 1.807) is 29.8 Å². The molecular weight excluding hydrogens is 323 g/mol. The summed E-state index contributed by atoms with van der Waals surface area (Å²) in [4.78, 5) is 12.4. The summed E-state index contributed by atoms with van der Waals surface area (Å²) in [5.74, 6) is 0.774. The Balaban J connectivity index is 1.76. The Hall–Kier alpha value is -2.05. The predicted octanol–water partition coefficient (Wildman–Crippen LogP) is 3.69. The van der Waals surface area contributed by atoms with Gasteiger partial charge in [0.25, 0.3) is 0 Å². The van der Waals surface area contributed by atoms with Crippen LogP contribution >= 0.6 is 11.3 Å². The van der Waals surface area contributed by atoms with Crippen molar-refractivity contribution in [1.82, 2.24) is 15.3 Å². The van der Waals surface area contributed by atoms with Crippen molar-refractivity contribution in [2.24, 2.45) is 0 Å². The molecule has 1 fully saturated rings. The minimum Gasteiger partial charge on any atom is -0.352 e. The Morgan fingerprint density at radius 3 is 2.75 bits per heavy atom. The van der Waals surface area contributed by atoms with Gasteiger partial charge in [-0.15, -0.1) is 11.3 Å². The molecule has 4 nitrogen and oxygen atoms in total. The molecule has 0 radical (unpaired) electrons. The maximum atomic E-state index is 13.2. The van der Waals surface area contributed by atoms with Gasteiger partial charge in [-0.2, -0.15) is 0 Å². The molecule has 3 aromatic rings. The van der Waals surface area contributed by atoms with Crippen LogP contribution in [0.5, 0.6) is 0 Å². The maximum absolute atomic E-state index is 13.2. The zero-order chi connectivity index (χ0) is 16.7. The van der Waals surface area contributed by atoms with Crippen LogP contribution in [-0.2, 0) is 0 Å². The van der Waals surface area contributed by atoms with Gasteiger partial charge in [0.15, 0.2) is 0 Å². The SMILES string of the molecule is CC1(C)CN(c2ncnc3cc(-c4ccc(F)cc4)sc23)CCN1. The first-order valence-electron chi connectivity index (χ1n) is 8.02. The number of benzene rings is 1. The average Bonchev–Trinajstić information content (AvgIpc) is 2.98. The smallest absolute Gasteiger partial charge is 0.150 e. The summed E-state index contributed by atoms with van der Waals surface area (Å²) in [6, 6.07) is 8.66. The number of anilines is 1. The topological polar surface area (TPSA) is 41.1 Å². The fourth-order valence-corrected chi connectivity index (χ4v) is 4.28. The molecule has 1 aliphatic heterocycles. The molecule has 2 aromatic heterocycles.